The lowest BCUT2D eigenvalue weighted by atomic mass is 9.77. The number of ether oxygens (including phenoxy) is 2. The molecule has 0 spiro atoms. The fourth-order valence-electron chi connectivity index (χ4n) is 2.93. The van der Waals surface area contributed by atoms with Gasteiger partial charge in [0.15, 0.2) is 0 Å². The number of hydrogen-bond acceptors (Lipinski definition) is 3. The molecule has 0 amide bonds. The number of hydrogen-bond donors (Lipinski definition) is 0. The first-order chi connectivity index (χ1) is 10.9. The summed E-state index contributed by atoms with van der Waals surface area (Å²) in [4.78, 5) is 13.1. The van der Waals surface area contributed by atoms with Crippen molar-refractivity contribution < 1.29 is 14.3 Å². The third-order valence-electron chi connectivity index (χ3n) is 4.22. The third kappa shape index (κ3) is 5.26. The summed E-state index contributed by atoms with van der Waals surface area (Å²) < 4.78 is 11.1. The fraction of sp³-hybridized carbons (Fsp3) is 0.650. The number of methoxy groups -OCH3 is 2. The average molecular weight is 320 g/mol. The molecule has 23 heavy (non-hydrogen) atoms. The van der Waals surface area contributed by atoms with Crippen LogP contribution < -0.4 is 9.47 Å². The number of ketones is 1. The quantitative estimate of drug-likeness (QED) is 0.574. The van der Waals surface area contributed by atoms with E-state index in [1.807, 2.05) is 39.0 Å². The molecule has 0 radical (unpaired) electrons. The standard InChI is InChI=1S/C20H32O3/c1-7-8-9-10-12-15(19(21)20(2,3)4)18-16(22-5)13-11-14-17(18)23-6/h11,13-15H,7-10,12H2,1-6H3. The maximum Gasteiger partial charge on any atom is 0.145 e. The predicted octanol–water partition coefficient (Wildman–Crippen LogP) is 5.37. The summed E-state index contributed by atoms with van der Waals surface area (Å²) in [5, 5.41) is 0. The summed E-state index contributed by atoms with van der Waals surface area (Å²) in [6, 6.07) is 5.72. The summed E-state index contributed by atoms with van der Waals surface area (Å²) in [7, 11) is 3.29. The lowest BCUT2D eigenvalue weighted by Crippen LogP contribution is -2.27. The van der Waals surface area contributed by atoms with Gasteiger partial charge in [-0.25, -0.2) is 0 Å². The van der Waals surface area contributed by atoms with E-state index in [-0.39, 0.29) is 17.1 Å². The Morgan fingerprint density at radius 2 is 1.61 bits per heavy atom. The van der Waals surface area contributed by atoms with Crippen LogP contribution >= 0.6 is 0 Å². The molecule has 1 aromatic rings. The second-order valence-electron chi connectivity index (χ2n) is 7.09. The van der Waals surface area contributed by atoms with E-state index in [1.165, 1.54) is 12.8 Å². The zero-order valence-corrected chi connectivity index (χ0v) is 15.6. The van der Waals surface area contributed by atoms with Gasteiger partial charge in [0.05, 0.1) is 20.1 Å². The van der Waals surface area contributed by atoms with E-state index in [1.54, 1.807) is 14.2 Å². The number of carbonyl (C=O) groups excluding carboxylic acids is 1. The van der Waals surface area contributed by atoms with Gasteiger partial charge < -0.3 is 9.47 Å². The van der Waals surface area contributed by atoms with Crippen molar-refractivity contribution >= 4 is 5.78 Å². The lowest BCUT2D eigenvalue weighted by molar-refractivity contribution is -0.128. The van der Waals surface area contributed by atoms with Gasteiger partial charge in [0.1, 0.15) is 17.3 Å². The van der Waals surface area contributed by atoms with Gasteiger partial charge in [0.25, 0.3) is 0 Å². The predicted molar refractivity (Wildman–Crippen MR) is 95.5 cm³/mol. The Morgan fingerprint density at radius 3 is 2.04 bits per heavy atom. The van der Waals surface area contributed by atoms with Gasteiger partial charge in [-0.05, 0) is 18.6 Å². The Balaban J connectivity index is 3.20. The normalized spacial score (nSPS) is 12.8. The highest BCUT2D eigenvalue weighted by molar-refractivity contribution is 5.91. The van der Waals surface area contributed by atoms with E-state index in [9.17, 15) is 4.79 Å². The highest BCUT2D eigenvalue weighted by Gasteiger charge is 2.34. The molecule has 0 fully saturated rings. The zero-order chi connectivity index (χ0) is 17.5. The minimum Gasteiger partial charge on any atom is -0.496 e. The molecule has 1 rings (SSSR count). The van der Waals surface area contributed by atoms with E-state index >= 15 is 0 Å². The number of carbonyl (C=O) groups is 1. The SMILES string of the molecule is CCCCCCC(C(=O)C(C)(C)C)c1c(OC)cccc1OC. The van der Waals surface area contributed by atoms with Crippen molar-refractivity contribution in [3.05, 3.63) is 23.8 Å². The molecule has 0 aliphatic carbocycles. The van der Waals surface area contributed by atoms with Crippen LogP contribution in [-0.4, -0.2) is 20.0 Å². The van der Waals surface area contributed by atoms with Crippen molar-refractivity contribution in [1.82, 2.24) is 0 Å². The zero-order valence-electron chi connectivity index (χ0n) is 15.6. The Labute approximate surface area is 141 Å². The maximum absolute atomic E-state index is 13.1. The molecule has 1 aromatic carbocycles. The summed E-state index contributed by atoms with van der Waals surface area (Å²) in [6.07, 6.45) is 5.44. The number of benzene rings is 1. The lowest BCUT2D eigenvalue weighted by Gasteiger charge is -2.27. The Morgan fingerprint density at radius 1 is 1.04 bits per heavy atom. The van der Waals surface area contributed by atoms with E-state index in [0.29, 0.717) is 0 Å². The number of Topliss-reactive ketones (excluding diaryl/α,β-unsaturated/α-hetero) is 1. The minimum atomic E-state index is -0.388. The van der Waals surface area contributed by atoms with Crippen molar-refractivity contribution in [2.45, 2.75) is 65.7 Å². The maximum atomic E-state index is 13.1. The molecule has 0 aliphatic rings. The van der Waals surface area contributed by atoms with Gasteiger partial charge in [0.2, 0.25) is 0 Å². The highest BCUT2D eigenvalue weighted by Crippen LogP contribution is 2.41. The molecule has 3 heteroatoms. The van der Waals surface area contributed by atoms with E-state index in [2.05, 4.69) is 6.92 Å². The van der Waals surface area contributed by atoms with Crippen LogP contribution in [0.25, 0.3) is 0 Å². The van der Waals surface area contributed by atoms with Crippen LogP contribution in [-0.2, 0) is 4.79 Å². The molecule has 0 saturated heterocycles. The molecule has 0 aliphatic heterocycles. The monoisotopic (exact) mass is 320 g/mol. The number of rotatable bonds is 9. The Kier molecular flexibility index (Phi) is 7.60. The third-order valence-corrected chi connectivity index (χ3v) is 4.22. The Bertz CT molecular complexity index is 478. The second-order valence-corrected chi connectivity index (χ2v) is 7.09. The van der Waals surface area contributed by atoms with Crippen LogP contribution in [0.1, 0.15) is 71.3 Å². The van der Waals surface area contributed by atoms with Gasteiger partial charge in [-0.15, -0.1) is 0 Å². The summed E-state index contributed by atoms with van der Waals surface area (Å²) in [5.41, 5.74) is 0.510. The summed E-state index contributed by atoms with van der Waals surface area (Å²) in [6.45, 7) is 8.14. The summed E-state index contributed by atoms with van der Waals surface area (Å²) in [5.74, 6) is 1.54. The van der Waals surface area contributed by atoms with E-state index in [4.69, 9.17) is 9.47 Å². The molecule has 1 unspecified atom stereocenters. The van der Waals surface area contributed by atoms with Crippen molar-refractivity contribution in [1.29, 1.82) is 0 Å². The van der Waals surface area contributed by atoms with Gasteiger partial charge in [-0.2, -0.15) is 0 Å². The molecule has 3 nitrogen and oxygen atoms in total. The minimum absolute atomic E-state index is 0.182. The van der Waals surface area contributed by atoms with Gasteiger partial charge in [-0.1, -0.05) is 59.4 Å². The van der Waals surface area contributed by atoms with Crippen LogP contribution in [0.3, 0.4) is 0 Å². The first kappa shape index (κ1) is 19.5. The van der Waals surface area contributed by atoms with Crippen molar-refractivity contribution in [3.8, 4) is 11.5 Å². The molecule has 0 aromatic heterocycles. The average Bonchev–Trinajstić information content (AvgIpc) is 2.53. The van der Waals surface area contributed by atoms with E-state index < -0.39 is 0 Å². The smallest absolute Gasteiger partial charge is 0.145 e. The highest BCUT2D eigenvalue weighted by atomic mass is 16.5. The van der Waals surface area contributed by atoms with E-state index in [0.717, 1.165) is 36.3 Å². The van der Waals surface area contributed by atoms with Gasteiger partial charge in [0, 0.05) is 11.0 Å². The molecule has 0 bridgehead atoms. The Hall–Kier alpha value is -1.51. The fourth-order valence-corrected chi connectivity index (χ4v) is 2.93. The largest absolute Gasteiger partial charge is 0.496 e. The molecule has 0 saturated carbocycles. The van der Waals surface area contributed by atoms with Crippen LogP contribution in [0.5, 0.6) is 11.5 Å². The van der Waals surface area contributed by atoms with Crippen molar-refractivity contribution in [3.63, 3.8) is 0 Å². The van der Waals surface area contributed by atoms with Crippen LogP contribution in [0.15, 0.2) is 18.2 Å². The first-order valence-electron chi connectivity index (χ1n) is 8.62. The van der Waals surface area contributed by atoms with Crippen LogP contribution in [0.2, 0.25) is 0 Å². The number of unbranched alkanes of at least 4 members (excludes halogenated alkanes) is 3. The second kappa shape index (κ2) is 8.95. The molecule has 0 heterocycles. The first-order valence-corrected chi connectivity index (χ1v) is 8.62. The molecular formula is C20H32O3. The van der Waals surface area contributed by atoms with Crippen LogP contribution in [0.4, 0.5) is 0 Å². The van der Waals surface area contributed by atoms with Gasteiger partial charge in [-0.3, -0.25) is 4.79 Å². The summed E-state index contributed by atoms with van der Waals surface area (Å²) >= 11 is 0. The van der Waals surface area contributed by atoms with Crippen molar-refractivity contribution in [2.24, 2.45) is 5.41 Å². The molecule has 130 valence electrons. The molecule has 1 atom stereocenters. The topological polar surface area (TPSA) is 35.5 Å². The molecular weight excluding hydrogens is 288 g/mol. The van der Waals surface area contributed by atoms with Crippen molar-refractivity contribution in [2.75, 3.05) is 14.2 Å². The van der Waals surface area contributed by atoms with Crippen LogP contribution in [0, 0.1) is 5.41 Å². The molecule has 0 N–H and O–H groups in total. The van der Waals surface area contributed by atoms with Gasteiger partial charge >= 0.3 is 0 Å².